The van der Waals surface area contributed by atoms with Crippen LogP contribution >= 0.6 is 0 Å². The normalized spacial score (nSPS) is 28.1. The zero-order valence-corrected chi connectivity index (χ0v) is 14.2. The van der Waals surface area contributed by atoms with Crippen LogP contribution in [-0.4, -0.2) is 36.1 Å². The van der Waals surface area contributed by atoms with E-state index < -0.39 is 0 Å². The lowest BCUT2D eigenvalue weighted by atomic mass is 9.78. The second-order valence-corrected chi connectivity index (χ2v) is 6.88. The van der Waals surface area contributed by atoms with E-state index in [1.165, 1.54) is 0 Å². The first-order valence-corrected chi connectivity index (χ1v) is 8.26. The van der Waals surface area contributed by atoms with Crippen LogP contribution in [0.25, 0.3) is 0 Å². The second-order valence-electron chi connectivity index (χ2n) is 6.88. The fourth-order valence-electron chi connectivity index (χ4n) is 3.01. The average molecular weight is 283 g/mol. The van der Waals surface area contributed by atoms with Gasteiger partial charge in [-0.15, -0.1) is 0 Å². The SMILES string of the molecule is CCCCC(CC)C(=O)OC1CCN(C)C(C)(C)C1C. The van der Waals surface area contributed by atoms with Crippen molar-refractivity contribution in [3.63, 3.8) is 0 Å². The van der Waals surface area contributed by atoms with Gasteiger partial charge in [-0.2, -0.15) is 0 Å². The molecule has 0 aromatic rings. The van der Waals surface area contributed by atoms with Gasteiger partial charge in [0.1, 0.15) is 6.10 Å². The monoisotopic (exact) mass is 283 g/mol. The molecule has 0 saturated carbocycles. The number of likely N-dealkylation sites (tertiary alicyclic amines) is 1. The predicted octanol–water partition coefficient (Wildman–Crippen LogP) is 3.86. The van der Waals surface area contributed by atoms with E-state index in [0.29, 0.717) is 5.92 Å². The van der Waals surface area contributed by atoms with Gasteiger partial charge in [0, 0.05) is 18.0 Å². The topological polar surface area (TPSA) is 29.5 Å². The maximum Gasteiger partial charge on any atom is 0.309 e. The fraction of sp³-hybridized carbons (Fsp3) is 0.941. The van der Waals surface area contributed by atoms with Crippen molar-refractivity contribution in [2.75, 3.05) is 13.6 Å². The predicted molar refractivity (Wildman–Crippen MR) is 83.7 cm³/mol. The second kappa shape index (κ2) is 7.44. The third-order valence-corrected chi connectivity index (χ3v) is 5.40. The summed E-state index contributed by atoms with van der Waals surface area (Å²) < 4.78 is 5.87. The van der Waals surface area contributed by atoms with Crippen molar-refractivity contribution in [1.82, 2.24) is 4.90 Å². The zero-order valence-electron chi connectivity index (χ0n) is 14.2. The van der Waals surface area contributed by atoms with E-state index in [4.69, 9.17) is 4.74 Å². The standard InChI is InChI=1S/C17H33NO2/c1-7-9-10-14(8-2)16(19)20-15-11-12-18(6)17(4,5)13(15)3/h13-15H,7-12H2,1-6H3. The number of hydrogen-bond acceptors (Lipinski definition) is 3. The Labute approximate surface area is 125 Å². The maximum absolute atomic E-state index is 12.4. The van der Waals surface area contributed by atoms with Crippen LogP contribution in [0.3, 0.4) is 0 Å². The summed E-state index contributed by atoms with van der Waals surface area (Å²) in [5, 5.41) is 0. The smallest absolute Gasteiger partial charge is 0.309 e. The number of nitrogens with zero attached hydrogens (tertiary/aromatic N) is 1. The lowest BCUT2D eigenvalue weighted by Gasteiger charge is -2.48. The van der Waals surface area contributed by atoms with Gasteiger partial charge in [-0.1, -0.05) is 33.6 Å². The first-order valence-electron chi connectivity index (χ1n) is 8.26. The minimum atomic E-state index is 0.0261. The van der Waals surface area contributed by atoms with Gasteiger partial charge in [-0.05, 0) is 40.2 Å². The minimum absolute atomic E-state index is 0.0261. The highest BCUT2D eigenvalue weighted by Crippen LogP contribution is 2.34. The molecule has 0 N–H and O–H groups in total. The molecular weight excluding hydrogens is 250 g/mol. The van der Waals surface area contributed by atoms with Crippen molar-refractivity contribution in [3.8, 4) is 0 Å². The first kappa shape index (κ1) is 17.5. The van der Waals surface area contributed by atoms with Crippen molar-refractivity contribution in [3.05, 3.63) is 0 Å². The van der Waals surface area contributed by atoms with Gasteiger partial charge in [-0.3, -0.25) is 4.79 Å². The van der Waals surface area contributed by atoms with Gasteiger partial charge < -0.3 is 9.64 Å². The quantitative estimate of drug-likeness (QED) is 0.693. The van der Waals surface area contributed by atoms with E-state index in [1.54, 1.807) is 0 Å². The molecule has 0 aliphatic carbocycles. The lowest BCUT2D eigenvalue weighted by Crippen LogP contribution is -2.56. The van der Waals surface area contributed by atoms with Crippen LogP contribution in [0.5, 0.6) is 0 Å². The van der Waals surface area contributed by atoms with Crippen molar-refractivity contribution in [1.29, 1.82) is 0 Å². The molecule has 1 fully saturated rings. The molecule has 3 nitrogen and oxygen atoms in total. The largest absolute Gasteiger partial charge is 0.462 e. The molecule has 20 heavy (non-hydrogen) atoms. The molecule has 3 atom stereocenters. The van der Waals surface area contributed by atoms with E-state index in [0.717, 1.165) is 38.6 Å². The third-order valence-electron chi connectivity index (χ3n) is 5.40. The minimum Gasteiger partial charge on any atom is -0.462 e. The highest BCUT2D eigenvalue weighted by Gasteiger charge is 2.41. The van der Waals surface area contributed by atoms with Gasteiger partial charge in [0.05, 0.1) is 5.92 Å². The molecule has 3 unspecified atom stereocenters. The van der Waals surface area contributed by atoms with Crippen LogP contribution in [0.2, 0.25) is 0 Å². The molecule has 0 bridgehead atoms. The third kappa shape index (κ3) is 3.97. The van der Waals surface area contributed by atoms with Gasteiger partial charge >= 0.3 is 5.97 Å². The summed E-state index contributed by atoms with van der Waals surface area (Å²) in [5.41, 5.74) is 0.0916. The molecule has 0 amide bonds. The Balaban J connectivity index is 2.61. The molecule has 1 heterocycles. The number of unbranched alkanes of at least 4 members (excludes halogenated alkanes) is 1. The number of rotatable bonds is 6. The van der Waals surface area contributed by atoms with Gasteiger partial charge in [-0.25, -0.2) is 0 Å². The molecule has 0 radical (unpaired) electrons. The molecule has 1 rings (SSSR count). The van der Waals surface area contributed by atoms with E-state index in [-0.39, 0.29) is 23.5 Å². The van der Waals surface area contributed by atoms with Crippen molar-refractivity contribution in [2.45, 2.75) is 78.4 Å². The Kier molecular flexibility index (Phi) is 6.50. The number of hydrogen-bond donors (Lipinski definition) is 0. The lowest BCUT2D eigenvalue weighted by molar-refractivity contribution is -0.164. The van der Waals surface area contributed by atoms with E-state index in [2.05, 4.69) is 46.6 Å². The maximum atomic E-state index is 12.4. The highest BCUT2D eigenvalue weighted by atomic mass is 16.5. The fourth-order valence-corrected chi connectivity index (χ4v) is 3.01. The van der Waals surface area contributed by atoms with Gasteiger partial charge in [0.2, 0.25) is 0 Å². The Morgan fingerprint density at radius 1 is 1.40 bits per heavy atom. The highest BCUT2D eigenvalue weighted by molar-refractivity contribution is 5.72. The number of ether oxygens (including phenoxy) is 1. The summed E-state index contributed by atoms with van der Waals surface area (Å²) in [5.74, 6) is 0.483. The van der Waals surface area contributed by atoms with Crippen LogP contribution in [-0.2, 0) is 9.53 Å². The zero-order chi connectivity index (χ0) is 15.3. The van der Waals surface area contributed by atoms with Crippen LogP contribution in [0.4, 0.5) is 0 Å². The van der Waals surface area contributed by atoms with Crippen LogP contribution in [0.15, 0.2) is 0 Å². The van der Waals surface area contributed by atoms with Crippen molar-refractivity contribution < 1.29 is 9.53 Å². The Bertz CT molecular complexity index is 314. The van der Waals surface area contributed by atoms with Crippen molar-refractivity contribution >= 4 is 5.97 Å². The molecule has 1 aliphatic heterocycles. The molecular formula is C17H33NO2. The number of carbonyl (C=O) groups excluding carboxylic acids is 1. The van der Waals surface area contributed by atoms with Crippen LogP contribution in [0, 0.1) is 11.8 Å². The van der Waals surface area contributed by atoms with Gasteiger partial charge in [0.25, 0.3) is 0 Å². The molecule has 3 heteroatoms. The Morgan fingerprint density at radius 3 is 2.60 bits per heavy atom. The number of esters is 1. The molecule has 0 aromatic carbocycles. The van der Waals surface area contributed by atoms with E-state index in [9.17, 15) is 4.79 Å². The van der Waals surface area contributed by atoms with E-state index in [1.807, 2.05) is 0 Å². The Hall–Kier alpha value is -0.570. The number of carbonyl (C=O) groups is 1. The summed E-state index contributed by atoms with van der Waals surface area (Å²) >= 11 is 0. The molecule has 1 aliphatic rings. The molecule has 118 valence electrons. The van der Waals surface area contributed by atoms with Crippen LogP contribution < -0.4 is 0 Å². The summed E-state index contributed by atoms with van der Waals surface area (Å²) in [6.45, 7) is 11.9. The van der Waals surface area contributed by atoms with Gasteiger partial charge in [0.15, 0.2) is 0 Å². The summed E-state index contributed by atoms with van der Waals surface area (Å²) in [4.78, 5) is 14.7. The summed E-state index contributed by atoms with van der Waals surface area (Å²) in [6.07, 6.45) is 5.14. The summed E-state index contributed by atoms with van der Waals surface area (Å²) in [6, 6.07) is 0. The first-order chi connectivity index (χ1) is 9.34. The molecule has 0 aromatic heterocycles. The van der Waals surface area contributed by atoms with Crippen LogP contribution in [0.1, 0.15) is 66.7 Å². The molecule has 1 saturated heterocycles. The van der Waals surface area contributed by atoms with E-state index >= 15 is 0 Å². The molecule has 0 spiro atoms. The van der Waals surface area contributed by atoms with Crippen molar-refractivity contribution in [2.24, 2.45) is 11.8 Å². The number of piperidine rings is 1. The average Bonchev–Trinajstić information content (AvgIpc) is 2.41. The Morgan fingerprint density at radius 2 is 2.05 bits per heavy atom. The summed E-state index contributed by atoms with van der Waals surface area (Å²) in [7, 11) is 2.16.